The van der Waals surface area contributed by atoms with E-state index in [1.165, 1.54) is 30.1 Å². The number of imidazole rings is 2. The van der Waals surface area contributed by atoms with E-state index < -0.39 is 0 Å². The number of benzene rings is 1. The van der Waals surface area contributed by atoms with Gasteiger partial charge in [-0.05, 0) is 42.2 Å². The second-order valence-electron chi connectivity index (χ2n) is 6.12. The van der Waals surface area contributed by atoms with E-state index in [-0.39, 0.29) is 11.7 Å². The van der Waals surface area contributed by atoms with E-state index in [2.05, 4.69) is 20.3 Å². The minimum atomic E-state index is -0.336. The van der Waals surface area contributed by atoms with E-state index in [4.69, 9.17) is 0 Å². The van der Waals surface area contributed by atoms with E-state index in [1.54, 1.807) is 40.0 Å². The number of rotatable bonds is 6. The molecule has 0 radical (unpaired) electrons. The predicted octanol–water partition coefficient (Wildman–Crippen LogP) is 3.24. The first kappa shape index (κ1) is 18.9. The lowest BCUT2D eigenvalue weighted by atomic mass is 10.2. The third-order valence-corrected chi connectivity index (χ3v) is 4.91. The molecule has 0 bridgehead atoms. The standard InChI is InChI=1S/C20H17FN6OS/c1-29-20-25-12-17(27(20)16-5-3-15(21)4-6-16)19(28)24-11-14-2-7-18(23-10-14)26-9-8-22-13-26/h2-10,12-13H,11H2,1H3,(H,24,28). The zero-order valence-corrected chi connectivity index (χ0v) is 16.3. The maximum Gasteiger partial charge on any atom is 0.270 e. The molecule has 0 saturated heterocycles. The van der Waals surface area contributed by atoms with Gasteiger partial charge in [0, 0.05) is 30.8 Å². The van der Waals surface area contributed by atoms with Crippen LogP contribution in [-0.4, -0.2) is 36.2 Å². The molecule has 0 fully saturated rings. The van der Waals surface area contributed by atoms with Crippen molar-refractivity contribution in [2.75, 3.05) is 6.26 Å². The van der Waals surface area contributed by atoms with E-state index >= 15 is 0 Å². The van der Waals surface area contributed by atoms with Crippen LogP contribution in [0.1, 0.15) is 16.1 Å². The molecule has 146 valence electrons. The van der Waals surface area contributed by atoms with Crippen LogP contribution < -0.4 is 5.32 Å². The van der Waals surface area contributed by atoms with Gasteiger partial charge in [-0.2, -0.15) is 0 Å². The summed E-state index contributed by atoms with van der Waals surface area (Å²) in [6, 6.07) is 9.70. The number of carbonyl (C=O) groups excluding carboxylic acids is 1. The SMILES string of the molecule is CSc1ncc(C(=O)NCc2ccc(-n3ccnc3)nc2)n1-c1ccc(F)cc1. The molecular weight excluding hydrogens is 391 g/mol. The summed E-state index contributed by atoms with van der Waals surface area (Å²) in [6.07, 6.45) is 10.3. The van der Waals surface area contributed by atoms with Crippen LogP contribution in [0.4, 0.5) is 4.39 Å². The smallest absolute Gasteiger partial charge is 0.270 e. The second-order valence-corrected chi connectivity index (χ2v) is 6.89. The first-order valence-electron chi connectivity index (χ1n) is 8.75. The molecule has 0 aliphatic carbocycles. The number of carbonyl (C=O) groups is 1. The maximum atomic E-state index is 13.3. The van der Waals surface area contributed by atoms with Crippen molar-refractivity contribution in [1.82, 2.24) is 29.4 Å². The number of hydrogen-bond acceptors (Lipinski definition) is 5. The summed E-state index contributed by atoms with van der Waals surface area (Å²) < 4.78 is 16.8. The lowest BCUT2D eigenvalue weighted by molar-refractivity contribution is 0.0943. The van der Waals surface area contributed by atoms with Crippen LogP contribution >= 0.6 is 11.8 Å². The first-order chi connectivity index (χ1) is 14.2. The highest BCUT2D eigenvalue weighted by Crippen LogP contribution is 2.22. The van der Waals surface area contributed by atoms with Crippen molar-refractivity contribution in [3.63, 3.8) is 0 Å². The lowest BCUT2D eigenvalue weighted by Gasteiger charge is -2.11. The second kappa shape index (κ2) is 8.27. The molecular formula is C20H17FN6OS. The minimum absolute atomic E-state index is 0.277. The fraction of sp³-hybridized carbons (Fsp3) is 0.100. The lowest BCUT2D eigenvalue weighted by Crippen LogP contribution is -2.25. The molecule has 9 heteroatoms. The van der Waals surface area contributed by atoms with Gasteiger partial charge in [-0.15, -0.1) is 0 Å². The van der Waals surface area contributed by atoms with Crippen LogP contribution in [0.2, 0.25) is 0 Å². The monoisotopic (exact) mass is 408 g/mol. The van der Waals surface area contributed by atoms with E-state index in [1.807, 2.05) is 24.6 Å². The molecule has 4 rings (SSSR count). The van der Waals surface area contributed by atoms with Gasteiger partial charge >= 0.3 is 0 Å². The first-order valence-corrected chi connectivity index (χ1v) is 9.97. The molecule has 7 nitrogen and oxygen atoms in total. The number of thioether (sulfide) groups is 1. The molecule has 4 aromatic rings. The average Bonchev–Trinajstić information content (AvgIpc) is 3.43. The highest BCUT2D eigenvalue weighted by molar-refractivity contribution is 7.98. The quantitative estimate of drug-likeness (QED) is 0.496. The van der Waals surface area contributed by atoms with Gasteiger partial charge in [0.15, 0.2) is 5.16 Å². The number of hydrogen-bond donors (Lipinski definition) is 1. The van der Waals surface area contributed by atoms with Gasteiger partial charge in [-0.1, -0.05) is 17.8 Å². The van der Waals surface area contributed by atoms with Gasteiger partial charge in [-0.3, -0.25) is 13.9 Å². The molecule has 0 atom stereocenters. The summed E-state index contributed by atoms with van der Waals surface area (Å²) in [5.41, 5.74) is 1.91. The highest BCUT2D eigenvalue weighted by atomic mass is 32.2. The van der Waals surface area contributed by atoms with Gasteiger partial charge in [0.25, 0.3) is 5.91 Å². The molecule has 1 amide bonds. The largest absolute Gasteiger partial charge is 0.347 e. The molecule has 0 spiro atoms. The Bertz CT molecular complexity index is 1110. The topological polar surface area (TPSA) is 77.6 Å². The van der Waals surface area contributed by atoms with Crippen LogP contribution in [-0.2, 0) is 6.54 Å². The van der Waals surface area contributed by atoms with Crippen LogP contribution in [0.25, 0.3) is 11.5 Å². The Labute approximate surface area is 170 Å². The summed E-state index contributed by atoms with van der Waals surface area (Å²) in [7, 11) is 0. The molecule has 0 aliphatic heterocycles. The Hall–Kier alpha value is -3.46. The summed E-state index contributed by atoms with van der Waals surface area (Å²) in [5, 5.41) is 3.53. The van der Waals surface area contributed by atoms with Crippen molar-refractivity contribution in [3.8, 4) is 11.5 Å². The number of nitrogens with one attached hydrogen (secondary N) is 1. The molecule has 3 aromatic heterocycles. The fourth-order valence-corrected chi connectivity index (χ4v) is 3.36. The molecule has 1 N–H and O–H groups in total. The van der Waals surface area contributed by atoms with Crippen molar-refractivity contribution < 1.29 is 9.18 Å². The van der Waals surface area contributed by atoms with Gasteiger partial charge in [0.1, 0.15) is 23.7 Å². The van der Waals surface area contributed by atoms with Crippen molar-refractivity contribution in [3.05, 3.63) is 84.6 Å². The Kier molecular flexibility index (Phi) is 5.39. The summed E-state index contributed by atoms with van der Waals surface area (Å²) in [4.78, 5) is 25.4. The van der Waals surface area contributed by atoms with Crippen molar-refractivity contribution in [2.24, 2.45) is 0 Å². The van der Waals surface area contributed by atoms with Crippen LogP contribution in [0.5, 0.6) is 0 Å². The highest BCUT2D eigenvalue weighted by Gasteiger charge is 2.17. The summed E-state index contributed by atoms with van der Waals surface area (Å²) in [6.45, 7) is 0.319. The van der Waals surface area contributed by atoms with Gasteiger partial charge in [0.2, 0.25) is 0 Å². The van der Waals surface area contributed by atoms with Gasteiger partial charge in [0.05, 0.1) is 6.20 Å². The van der Waals surface area contributed by atoms with E-state index in [9.17, 15) is 9.18 Å². The Morgan fingerprint density at radius 3 is 2.62 bits per heavy atom. The van der Waals surface area contributed by atoms with Crippen molar-refractivity contribution in [1.29, 1.82) is 0 Å². The zero-order chi connectivity index (χ0) is 20.2. The van der Waals surface area contributed by atoms with Crippen LogP contribution in [0, 0.1) is 5.82 Å². The maximum absolute atomic E-state index is 13.3. The summed E-state index contributed by atoms with van der Waals surface area (Å²) >= 11 is 1.41. The van der Waals surface area contributed by atoms with E-state index in [0.717, 1.165) is 11.4 Å². The molecule has 1 aromatic carbocycles. The molecule has 0 unspecified atom stereocenters. The number of aromatic nitrogens is 5. The Morgan fingerprint density at radius 2 is 1.97 bits per heavy atom. The molecule has 3 heterocycles. The van der Waals surface area contributed by atoms with Gasteiger partial charge in [-0.25, -0.2) is 19.3 Å². The minimum Gasteiger partial charge on any atom is -0.347 e. The van der Waals surface area contributed by atoms with Crippen LogP contribution in [0.3, 0.4) is 0 Å². The average molecular weight is 408 g/mol. The summed E-state index contributed by atoms with van der Waals surface area (Å²) in [5.74, 6) is 0.134. The number of halogens is 1. The Balaban J connectivity index is 1.50. The number of amides is 1. The molecule has 29 heavy (non-hydrogen) atoms. The van der Waals surface area contributed by atoms with Crippen molar-refractivity contribution >= 4 is 17.7 Å². The molecule has 0 aliphatic rings. The third-order valence-electron chi connectivity index (χ3n) is 4.26. The Morgan fingerprint density at radius 1 is 1.14 bits per heavy atom. The van der Waals surface area contributed by atoms with Crippen molar-refractivity contribution in [2.45, 2.75) is 11.7 Å². The normalized spacial score (nSPS) is 10.8. The zero-order valence-electron chi connectivity index (χ0n) is 15.5. The van der Waals surface area contributed by atoms with Gasteiger partial charge < -0.3 is 5.32 Å². The predicted molar refractivity (Wildman–Crippen MR) is 108 cm³/mol. The molecule has 0 saturated carbocycles. The van der Waals surface area contributed by atoms with E-state index in [0.29, 0.717) is 23.1 Å². The fourth-order valence-electron chi connectivity index (χ4n) is 2.82. The number of pyridine rings is 1. The number of nitrogens with zero attached hydrogens (tertiary/aromatic N) is 5. The van der Waals surface area contributed by atoms with Crippen LogP contribution in [0.15, 0.2) is 72.7 Å². The third kappa shape index (κ3) is 4.04.